The van der Waals surface area contributed by atoms with Gasteiger partial charge in [-0.1, -0.05) is 43.0 Å². The highest BCUT2D eigenvalue weighted by Crippen LogP contribution is 2.22. The SMILES string of the molecule is C=C(NC(C)C(C)(F)F)\C(N=C(C)c1ccc(F)cc1)=C(C)/C=C\C=C/C. The van der Waals surface area contributed by atoms with E-state index in [0.29, 0.717) is 17.1 Å². The monoisotopic (exact) mass is 376 g/mol. The normalized spacial score (nSPS) is 15.2. The van der Waals surface area contributed by atoms with Crippen LogP contribution in [0.5, 0.6) is 0 Å². The fourth-order valence-corrected chi connectivity index (χ4v) is 2.16. The van der Waals surface area contributed by atoms with Crippen LogP contribution in [0.2, 0.25) is 0 Å². The number of rotatable bonds is 8. The second kappa shape index (κ2) is 9.95. The Morgan fingerprint density at radius 3 is 2.30 bits per heavy atom. The van der Waals surface area contributed by atoms with Crippen LogP contribution in [0.25, 0.3) is 0 Å². The molecule has 0 heterocycles. The van der Waals surface area contributed by atoms with Gasteiger partial charge in [-0.2, -0.15) is 0 Å². The van der Waals surface area contributed by atoms with Gasteiger partial charge in [-0.25, -0.2) is 13.2 Å². The second-order valence-corrected chi connectivity index (χ2v) is 6.42. The number of allylic oxidation sites excluding steroid dienone is 5. The van der Waals surface area contributed by atoms with E-state index in [-0.39, 0.29) is 5.82 Å². The van der Waals surface area contributed by atoms with Gasteiger partial charge in [0, 0.05) is 12.6 Å². The van der Waals surface area contributed by atoms with Crippen LogP contribution in [0, 0.1) is 5.82 Å². The molecule has 27 heavy (non-hydrogen) atoms. The largest absolute Gasteiger partial charge is 0.375 e. The predicted molar refractivity (Wildman–Crippen MR) is 108 cm³/mol. The lowest BCUT2D eigenvalue weighted by atomic mass is 10.1. The molecule has 0 aromatic heterocycles. The molecule has 1 aromatic rings. The molecule has 0 aliphatic rings. The Kier molecular flexibility index (Phi) is 8.29. The van der Waals surface area contributed by atoms with E-state index in [0.717, 1.165) is 18.1 Å². The van der Waals surface area contributed by atoms with Crippen molar-refractivity contribution in [1.82, 2.24) is 5.32 Å². The van der Waals surface area contributed by atoms with E-state index >= 15 is 0 Å². The molecule has 1 N–H and O–H groups in total. The van der Waals surface area contributed by atoms with Crippen LogP contribution in [-0.4, -0.2) is 17.7 Å². The summed E-state index contributed by atoms with van der Waals surface area (Å²) in [7, 11) is 0. The summed E-state index contributed by atoms with van der Waals surface area (Å²) in [5.74, 6) is -3.24. The lowest BCUT2D eigenvalue weighted by Crippen LogP contribution is -2.40. The number of hydrogen-bond acceptors (Lipinski definition) is 2. The fourth-order valence-electron chi connectivity index (χ4n) is 2.16. The molecular formula is C22H27F3N2. The molecule has 0 spiro atoms. The highest BCUT2D eigenvalue weighted by atomic mass is 19.3. The highest BCUT2D eigenvalue weighted by molar-refractivity contribution is 5.99. The van der Waals surface area contributed by atoms with Gasteiger partial charge in [0.1, 0.15) is 5.82 Å². The number of halogens is 3. The van der Waals surface area contributed by atoms with Gasteiger partial charge in [0.05, 0.1) is 17.4 Å². The van der Waals surface area contributed by atoms with Crippen molar-refractivity contribution in [1.29, 1.82) is 0 Å². The Bertz CT molecular complexity index is 764. The molecule has 0 saturated heterocycles. The summed E-state index contributed by atoms with van der Waals surface area (Å²) >= 11 is 0. The highest BCUT2D eigenvalue weighted by Gasteiger charge is 2.30. The van der Waals surface area contributed by atoms with Gasteiger partial charge >= 0.3 is 0 Å². The van der Waals surface area contributed by atoms with Gasteiger partial charge in [-0.05, 0) is 51.0 Å². The van der Waals surface area contributed by atoms with Crippen LogP contribution in [0.1, 0.15) is 40.2 Å². The van der Waals surface area contributed by atoms with Gasteiger partial charge in [0.2, 0.25) is 0 Å². The molecular weight excluding hydrogens is 349 g/mol. The van der Waals surface area contributed by atoms with E-state index in [9.17, 15) is 13.2 Å². The van der Waals surface area contributed by atoms with E-state index in [4.69, 9.17) is 0 Å². The van der Waals surface area contributed by atoms with Crippen LogP contribution < -0.4 is 5.32 Å². The van der Waals surface area contributed by atoms with Crippen molar-refractivity contribution < 1.29 is 13.2 Å². The maximum absolute atomic E-state index is 13.5. The van der Waals surface area contributed by atoms with E-state index in [1.807, 2.05) is 38.2 Å². The molecule has 2 nitrogen and oxygen atoms in total. The summed E-state index contributed by atoms with van der Waals surface area (Å²) < 4.78 is 40.2. The van der Waals surface area contributed by atoms with E-state index in [2.05, 4.69) is 16.9 Å². The Morgan fingerprint density at radius 2 is 1.78 bits per heavy atom. The molecule has 1 unspecified atom stereocenters. The number of hydrogen-bond donors (Lipinski definition) is 1. The number of nitrogens with zero attached hydrogens (tertiary/aromatic N) is 1. The van der Waals surface area contributed by atoms with Crippen LogP contribution in [0.3, 0.4) is 0 Å². The molecule has 1 aromatic carbocycles. The minimum absolute atomic E-state index is 0.299. The second-order valence-electron chi connectivity index (χ2n) is 6.42. The van der Waals surface area contributed by atoms with Gasteiger partial charge in [-0.15, -0.1) is 0 Å². The number of nitrogens with one attached hydrogen (secondary N) is 1. The topological polar surface area (TPSA) is 24.4 Å². The Labute approximate surface area is 159 Å². The van der Waals surface area contributed by atoms with Crippen molar-refractivity contribution in [3.8, 4) is 0 Å². The molecule has 1 rings (SSSR count). The summed E-state index contributed by atoms with van der Waals surface area (Å²) in [5.41, 5.74) is 2.89. The van der Waals surface area contributed by atoms with Gasteiger partial charge in [-0.3, -0.25) is 4.99 Å². The molecule has 0 aliphatic heterocycles. The van der Waals surface area contributed by atoms with E-state index in [1.54, 1.807) is 19.1 Å². The molecule has 0 amide bonds. The van der Waals surface area contributed by atoms with Crippen molar-refractivity contribution in [2.75, 3.05) is 0 Å². The van der Waals surface area contributed by atoms with Gasteiger partial charge in [0.15, 0.2) is 0 Å². The maximum Gasteiger partial charge on any atom is 0.264 e. The summed E-state index contributed by atoms with van der Waals surface area (Å²) in [6, 6.07) is 4.84. The molecule has 0 radical (unpaired) electrons. The zero-order valence-electron chi connectivity index (χ0n) is 16.5. The molecule has 0 fully saturated rings. The zero-order chi connectivity index (χ0) is 20.6. The third kappa shape index (κ3) is 7.29. The van der Waals surface area contributed by atoms with Crippen molar-refractivity contribution in [3.63, 3.8) is 0 Å². The third-order valence-electron chi connectivity index (χ3n) is 4.00. The Hall–Kier alpha value is -2.56. The first-order valence-electron chi connectivity index (χ1n) is 8.71. The molecule has 1 atom stereocenters. The summed E-state index contributed by atoms with van der Waals surface area (Å²) in [6.07, 6.45) is 7.40. The first kappa shape index (κ1) is 22.5. The molecule has 146 valence electrons. The van der Waals surface area contributed by atoms with E-state index in [1.165, 1.54) is 19.1 Å². The number of aliphatic imine (C=N–C) groups is 1. The lowest BCUT2D eigenvalue weighted by Gasteiger charge is -2.23. The number of benzene rings is 1. The summed E-state index contributed by atoms with van der Waals surface area (Å²) in [6.45, 7) is 11.7. The quantitative estimate of drug-likeness (QED) is 0.425. The lowest BCUT2D eigenvalue weighted by molar-refractivity contribution is -0.00867. The van der Waals surface area contributed by atoms with Crippen molar-refractivity contribution >= 4 is 5.71 Å². The third-order valence-corrected chi connectivity index (χ3v) is 4.00. The van der Waals surface area contributed by atoms with Crippen LogP contribution in [0.4, 0.5) is 13.2 Å². The van der Waals surface area contributed by atoms with Crippen molar-refractivity contribution in [2.45, 2.75) is 46.6 Å². The maximum atomic E-state index is 13.5. The average Bonchev–Trinajstić information content (AvgIpc) is 2.59. The molecule has 0 bridgehead atoms. The average molecular weight is 376 g/mol. The molecule has 0 aliphatic carbocycles. The van der Waals surface area contributed by atoms with Crippen molar-refractivity contribution in [3.05, 3.63) is 83.5 Å². The smallest absolute Gasteiger partial charge is 0.264 e. The van der Waals surface area contributed by atoms with Crippen LogP contribution >= 0.6 is 0 Å². The van der Waals surface area contributed by atoms with E-state index < -0.39 is 12.0 Å². The van der Waals surface area contributed by atoms with Crippen molar-refractivity contribution in [2.24, 2.45) is 4.99 Å². The summed E-state index contributed by atoms with van der Waals surface area (Å²) in [4.78, 5) is 4.58. The standard InChI is InChI=1S/C22H27F3N2/c1-7-8-9-10-15(2)21(17(4)26-18(5)22(6,24)25)27-16(3)19-11-13-20(23)14-12-19/h7-14,18,26H,4H2,1-3,5-6H3/b8-7-,10-9-,21-15+,27-16?. The first-order valence-corrected chi connectivity index (χ1v) is 8.71. The van der Waals surface area contributed by atoms with Crippen LogP contribution in [-0.2, 0) is 0 Å². The minimum Gasteiger partial charge on any atom is -0.375 e. The zero-order valence-corrected chi connectivity index (χ0v) is 16.5. The Balaban J connectivity index is 3.29. The number of alkyl halides is 2. The molecule has 5 heteroatoms. The Morgan fingerprint density at radius 1 is 1.19 bits per heavy atom. The molecule has 0 saturated carbocycles. The first-order chi connectivity index (χ1) is 12.6. The van der Waals surface area contributed by atoms with Gasteiger partial charge < -0.3 is 5.32 Å². The summed E-state index contributed by atoms with van der Waals surface area (Å²) in [5, 5.41) is 2.74. The van der Waals surface area contributed by atoms with Gasteiger partial charge in [0.25, 0.3) is 5.92 Å². The minimum atomic E-state index is -2.90. The predicted octanol–water partition coefficient (Wildman–Crippen LogP) is 6.19. The fraction of sp³-hybridized carbons (Fsp3) is 0.318. The van der Waals surface area contributed by atoms with Crippen LogP contribution in [0.15, 0.2) is 77.1 Å².